The Balaban J connectivity index is 1.96. The minimum Gasteiger partial charge on any atom is -0.507 e. The molecule has 1 heterocycles. The molecule has 3 rings (SSSR count). The van der Waals surface area contributed by atoms with Crippen molar-refractivity contribution in [3.05, 3.63) is 64.7 Å². The van der Waals surface area contributed by atoms with E-state index in [1.165, 1.54) is 11.9 Å². The second-order valence-corrected chi connectivity index (χ2v) is 5.64. The van der Waals surface area contributed by atoms with Gasteiger partial charge in [-0.05, 0) is 29.8 Å². The average molecular weight is 315 g/mol. The fourth-order valence-corrected chi connectivity index (χ4v) is 2.75. The van der Waals surface area contributed by atoms with Gasteiger partial charge in [-0.1, -0.05) is 35.9 Å². The number of nitrogens with zero attached hydrogens (tertiary/aromatic N) is 2. The van der Waals surface area contributed by atoms with Gasteiger partial charge in [0.15, 0.2) is 0 Å². The van der Waals surface area contributed by atoms with Crippen molar-refractivity contribution in [2.45, 2.75) is 19.4 Å². The quantitative estimate of drug-likeness (QED) is 0.918. The predicted octanol–water partition coefficient (Wildman–Crippen LogP) is 3.74. The molecule has 0 radical (unpaired) electrons. The molecule has 0 spiro atoms. The van der Waals surface area contributed by atoms with E-state index in [4.69, 9.17) is 11.6 Å². The molecule has 2 aromatic carbocycles. The standard InChI is InChI=1S/C17H15ClN2O2/c1-11(21)20-16(12-6-8-13(18)9-7-12)10-15(19-20)14-4-2-3-5-17(14)22/h2-9,16,22H,10H2,1H3/t16-/m1/s1. The van der Waals surface area contributed by atoms with Crippen molar-refractivity contribution in [3.63, 3.8) is 0 Å². The number of hydrogen-bond acceptors (Lipinski definition) is 3. The molecule has 0 aromatic heterocycles. The van der Waals surface area contributed by atoms with Gasteiger partial charge < -0.3 is 5.11 Å². The van der Waals surface area contributed by atoms with E-state index < -0.39 is 0 Å². The summed E-state index contributed by atoms with van der Waals surface area (Å²) >= 11 is 5.92. The van der Waals surface area contributed by atoms with Gasteiger partial charge in [0.25, 0.3) is 0 Å². The summed E-state index contributed by atoms with van der Waals surface area (Å²) in [6.45, 7) is 1.49. The number of halogens is 1. The lowest BCUT2D eigenvalue weighted by Crippen LogP contribution is -2.24. The van der Waals surface area contributed by atoms with Gasteiger partial charge in [0.2, 0.25) is 5.91 Å². The molecule has 0 saturated heterocycles. The van der Waals surface area contributed by atoms with Crippen LogP contribution in [0, 0.1) is 0 Å². The summed E-state index contributed by atoms with van der Waals surface area (Å²) in [5, 5.41) is 16.5. The number of phenols is 1. The van der Waals surface area contributed by atoms with Crippen molar-refractivity contribution in [2.75, 3.05) is 0 Å². The average Bonchev–Trinajstić information content (AvgIpc) is 2.93. The van der Waals surface area contributed by atoms with E-state index in [-0.39, 0.29) is 17.7 Å². The Morgan fingerprint density at radius 1 is 1.23 bits per heavy atom. The second-order valence-electron chi connectivity index (χ2n) is 5.20. The van der Waals surface area contributed by atoms with Crippen LogP contribution >= 0.6 is 11.6 Å². The summed E-state index contributed by atoms with van der Waals surface area (Å²) in [5.74, 6) is 0.0341. The summed E-state index contributed by atoms with van der Waals surface area (Å²) in [6, 6.07) is 14.2. The first kappa shape index (κ1) is 14.6. The number of para-hydroxylation sites is 1. The first-order valence-corrected chi connectivity index (χ1v) is 7.35. The normalized spacial score (nSPS) is 17.5. The SMILES string of the molecule is CC(=O)N1N=C(c2ccccc2O)C[C@@H]1c1ccc(Cl)cc1. The molecule has 1 atom stereocenters. The van der Waals surface area contributed by atoms with Gasteiger partial charge in [0.1, 0.15) is 5.75 Å². The second kappa shape index (κ2) is 5.81. The Morgan fingerprint density at radius 2 is 1.91 bits per heavy atom. The molecule has 1 N–H and O–H groups in total. The highest BCUT2D eigenvalue weighted by atomic mass is 35.5. The fourth-order valence-electron chi connectivity index (χ4n) is 2.63. The van der Waals surface area contributed by atoms with Gasteiger partial charge in [-0.2, -0.15) is 5.10 Å². The number of aromatic hydroxyl groups is 1. The van der Waals surface area contributed by atoms with Gasteiger partial charge in [-0.3, -0.25) is 4.79 Å². The zero-order chi connectivity index (χ0) is 15.7. The van der Waals surface area contributed by atoms with Crippen molar-refractivity contribution in [1.82, 2.24) is 5.01 Å². The van der Waals surface area contributed by atoms with E-state index in [9.17, 15) is 9.90 Å². The van der Waals surface area contributed by atoms with Crippen LogP contribution in [0.5, 0.6) is 5.75 Å². The number of rotatable bonds is 2. The number of hydrogen-bond donors (Lipinski definition) is 1. The molecule has 0 aliphatic carbocycles. The number of phenolic OH excluding ortho intramolecular Hbond substituents is 1. The largest absolute Gasteiger partial charge is 0.507 e. The van der Waals surface area contributed by atoms with E-state index in [1.54, 1.807) is 30.3 Å². The smallest absolute Gasteiger partial charge is 0.240 e. The highest BCUT2D eigenvalue weighted by Gasteiger charge is 2.32. The predicted molar refractivity (Wildman–Crippen MR) is 86.0 cm³/mol. The maximum atomic E-state index is 11.9. The molecule has 0 bridgehead atoms. The number of carbonyl (C=O) groups is 1. The van der Waals surface area contributed by atoms with Crippen LogP contribution in [0.25, 0.3) is 0 Å². The molecule has 112 valence electrons. The van der Waals surface area contributed by atoms with Crippen LogP contribution < -0.4 is 0 Å². The molecule has 0 fully saturated rings. The molecule has 1 aliphatic rings. The minimum atomic E-state index is -0.177. The van der Waals surface area contributed by atoms with Gasteiger partial charge in [0.05, 0.1) is 11.8 Å². The first-order chi connectivity index (χ1) is 10.6. The molecule has 2 aromatic rings. The molecule has 0 unspecified atom stereocenters. The molecular weight excluding hydrogens is 300 g/mol. The maximum Gasteiger partial charge on any atom is 0.240 e. The highest BCUT2D eigenvalue weighted by Crippen LogP contribution is 2.34. The number of carbonyl (C=O) groups excluding carboxylic acids is 1. The third-order valence-corrected chi connectivity index (χ3v) is 3.95. The van der Waals surface area contributed by atoms with Gasteiger partial charge >= 0.3 is 0 Å². The van der Waals surface area contributed by atoms with E-state index in [0.29, 0.717) is 22.7 Å². The molecular formula is C17H15ClN2O2. The van der Waals surface area contributed by atoms with Gasteiger partial charge in [-0.15, -0.1) is 0 Å². The lowest BCUT2D eigenvalue weighted by Gasteiger charge is -2.20. The highest BCUT2D eigenvalue weighted by molar-refractivity contribution is 6.30. The fraction of sp³-hybridized carbons (Fsp3) is 0.176. The van der Waals surface area contributed by atoms with Crippen molar-refractivity contribution < 1.29 is 9.90 Å². The van der Waals surface area contributed by atoms with Crippen LogP contribution in [0.3, 0.4) is 0 Å². The number of hydrazone groups is 1. The van der Waals surface area contributed by atoms with Crippen LogP contribution in [0.1, 0.15) is 30.5 Å². The van der Waals surface area contributed by atoms with Crippen LogP contribution in [0.15, 0.2) is 53.6 Å². The Bertz CT molecular complexity index is 741. The van der Waals surface area contributed by atoms with Crippen LogP contribution in [-0.4, -0.2) is 21.7 Å². The van der Waals surface area contributed by atoms with E-state index in [0.717, 1.165) is 5.56 Å². The van der Waals surface area contributed by atoms with Crippen molar-refractivity contribution in [3.8, 4) is 5.75 Å². The van der Waals surface area contributed by atoms with Gasteiger partial charge in [0, 0.05) is 23.9 Å². The Hall–Kier alpha value is -2.33. The number of benzene rings is 2. The van der Waals surface area contributed by atoms with Crippen molar-refractivity contribution >= 4 is 23.2 Å². The lowest BCUT2D eigenvalue weighted by molar-refractivity contribution is -0.130. The van der Waals surface area contributed by atoms with E-state index in [1.807, 2.05) is 18.2 Å². The van der Waals surface area contributed by atoms with Crippen molar-refractivity contribution in [2.24, 2.45) is 5.10 Å². The summed E-state index contributed by atoms with van der Waals surface area (Å²) < 4.78 is 0. The zero-order valence-electron chi connectivity index (χ0n) is 12.0. The van der Waals surface area contributed by atoms with E-state index in [2.05, 4.69) is 5.10 Å². The molecule has 22 heavy (non-hydrogen) atoms. The summed E-state index contributed by atoms with van der Waals surface area (Å²) in [6.07, 6.45) is 0.554. The maximum absolute atomic E-state index is 11.9. The molecule has 4 nitrogen and oxygen atoms in total. The summed E-state index contributed by atoms with van der Waals surface area (Å²) in [5.41, 5.74) is 2.33. The minimum absolute atomic E-state index is 0.134. The lowest BCUT2D eigenvalue weighted by atomic mass is 9.98. The molecule has 1 aliphatic heterocycles. The van der Waals surface area contributed by atoms with Crippen LogP contribution in [-0.2, 0) is 4.79 Å². The van der Waals surface area contributed by atoms with Gasteiger partial charge in [-0.25, -0.2) is 5.01 Å². The monoisotopic (exact) mass is 314 g/mol. The Morgan fingerprint density at radius 3 is 2.55 bits per heavy atom. The Kier molecular flexibility index (Phi) is 3.86. The summed E-state index contributed by atoms with van der Waals surface area (Å²) in [4.78, 5) is 11.9. The van der Waals surface area contributed by atoms with Crippen molar-refractivity contribution in [1.29, 1.82) is 0 Å². The Labute approximate surface area is 133 Å². The molecule has 5 heteroatoms. The first-order valence-electron chi connectivity index (χ1n) is 6.97. The zero-order valence-corrected chi connectivity index (χ0v) is 12.8. The molecule has 1 amide bonds. The van der Waals surface area contributed by atoms with Crippen LogP contribution in [0.2, 0.25) is 5.02 Å². The summed E-state index contributed by atoms with van der Waals surface area (Å²) in [7, 11) is 0. The van der Waals surface area contributed by atoms with Crippen LogP contribution in [0.4, 0.5) is 0 Å². The third kappa shape index (κ3) is 2.70. The topological polar surface area (TPSA) is 52.9 Å². The molecule has 0 saturated carbocycles. The third-order valence-electron chi connectivity index (χ3n) is 3.70. The number of amides is 1. The van der Waals surface area contributed by atoms with E-state index >= 15 is 0 Å².